The third-order valence-electron chi connectivity index (χ3n) is 3.34. The monoisotopic (exact) mass is 344 g/mol. The maximum absolute atomic E-state index is 12.1. The average molecular weight is 344 g/mol. The fourth-order valence-corrected chi connectivity index (χ4v) is 3.10. The molecule has 0 radical (unpaired) electrons. The highest BCUT2D eigenvalue weighted by molar-refractivity contribution is 7.85. The highest BCUT2D eigenvalue weighted by Gasteiger charge is 2.14. The van der Waals surface area contributed by atoms with Gasteiger partial charge in [-0.15, -0.1) is 0 Å². The molecule has 0 saturated carbocycles. The van der Waals surface area contributed by atoms with Gasteiger partial charge in [0.1, 0.15) is 6.61 Å². The molecule has 0 aromatic heterocycles. The molecule has 0 amide bonds. The number of Topliss-reactive ketones (excluding diaryl/α,β-unsaturated/α-hetero) is 2. The Morgan fingerprint density at radius 2 is 1.62 bits per heavy atom. The molecule has 1 atom stereocenters. The van der Waals surface area contributed by atoms with Crippen LogP contribution in [0.3, 0.4) is 0 Å². The summed E-state index contributed by atoms with van der Waals surface area (Å²) in [6, 6.07) is 16.7. The predicted octanol–water partition coefficient (Wildman–Crippen LogP) is 2.85. The minimum Gasteiger partial charge on any atom is -0.369 e. The summed E-state index contributed by atoms with van der Waals surface area (Å²) in [5.41, 5.74) is 2.03. The van der Waals surface area contributed by atoms with Crippen LogP contribution in [0.1, 0.15) is 17.5 Å². The lowest BCUT2D eigenvalue weighted by molar-refractivity contribution is -0.129. The first kappa shape index (κ1) is 18.2. The van der Waals surface area contributed by atoms with E-state index in [0.29, 0.717) is 11.5 Å². The molecule has 126 valence electrons. The summed E-state index contributed by atoms with van der Waals surface area (Å²) in [5.74, 6) is -0.771. The number of aryl methyl sites for hydroxylation is 1. The van der Waals surface area contributed by atoms with Crippen LogP contribution in [-0.4, -0.2) is 28.1 Å². The highest BCUT2D eigenvalue weighted by atomic mass is 32.2. The van der Waals surface area contributed by atoms with Crippen LogP contribution in [0.2, 0.25) is 0 Å². The van der Waals surface area contributed by atoms with Crippen molar-refractivity contribution in [2.75, 3.05) is 12.4 Å². The number of carbonyl (C=O) groups is 2. The molecule has 2 aromatic rings. The fourth-order valence-electron chi connectivity index (χ4n) is 2.10. The van der Waals surface area contributed by atoms with E-state index in [1.165, 1.54) is 0 Å². The van der Waals surface area contributed by atoms with Gasteiger partial charge in [-0.2, -0.15) is 0 Å². The lowest BCUT2D eigenvalue weighted by atomic mass is 10.2. The number of ketones is 2. The van der Waals surface area contributed by atoms with Gasteiger partial charge in [-0.05, 0) is 24.6 Å². The SMILES string of the molecule is Cc1ccc([S@](=O)CC(=O)CC(=O)COCc2ccccc2)cc1. The largest absolute Gasteiger partial charge is 0.369 e. The number of rotatable bonds is 9. The Labute approximate surface area is 144 Å². The molecule has 4 nitrogen and oxygen atoms in total. The van der Waals surface area contributed by atoms with Gasteiger partial charge >= 0.3 is 0 Å². The molecule has 0 aliphatic rings. The normalized spacial score (nSPS) is 11.9. The van der Waals surface area contributed by atoms with E-state index in [4.69, 9.17) is 4.74 Å². The first-order chi connectivity index (χ1) is 11.5. The summed E-state index contributed by atoms with van der Waals surface area (Å²) in [7, 11) is -1.42. The Hall–Kier alpha value is -2.11. The maximum atomic E-state index is 12.1. The number of benzene rings is 2. The molecule has 0 bridgehead atoms. The second-order valence-corrected chi connectivity index (χ2v) is 6.99. The van der Waals surface area contributed by atoms with E-state index in [1.54, 1.807) is 12.1 Å². The van der Waals surface area contributed by atoms with E-state index in [0.717, 1.165) is 11.1 Å². The zero-order valence-corrected chi connectivity index (χ0v) is 14.4. The van der Waals surface area contributed by atoms with Gasteiger partial charge < -0.3 is 4.74 Å². The van der Waals surface area contributed by atoms with Crippen LogP contribution in [0, 0.1) is 6.92 Å². The molecule has 0 unspecified atom stereocenters. The van der Waals surface area contributed by atoms with Crippen LogP contribution in [0.15, 0.2) is 59.5 Å². The summed E-state index contributed by atoms with van der Waals surface area (Å²) >= 11 is 0. The van der Waals surface area contributed by atoms with Crippen molar-refractivity contribution in [1.82, 2.24) is 0 Å². The van der Waals surface area contributed by atoms with Crippen LogP contribution in [0.25, 0.3) is 0 Å². The Morgan fingerprint density at radius 3 is 2.29 bits per heavy atom. The van der Waals surface area contributed by atoms with Crippen LogP contribution < -0.4 is 0 Å². The summed E-state index contributed by atoms with van der Waals surface area (Å²) in [6.07, 6.45) is -0.244. The van der Waals surface area contributed by atoms with Crippen molar-refractivity contribution in [1.29, 1.82) is 0 Å². The van der Waals surface area contributed by atoms with Crippen molar-refractivity contribution in [3.05, 3.63) is 65.7 Å². The van der Waals surface area contributed by atoms with Crippen LogP contribution in [-0.2, 0) is 31.7 Å². The fraction of sp³-hybridized carbons (Fsp3) is 0.263. The third kappa shape index (κ3) is 6.18. The molecular formula is C19H20O4S. The van der Waals surface area contributed by atoms with Gasteiger partial charge in [0.2, 0.25) is 0 Å². The van der Waals surface area contributed by atoms with E-state index in [2.05, 4.69) is 0 Å². The van der Waals surface area contributed by atoms with E-state index in [-0.39, 0.29) is 30.3 Å². The zero-order chi connectivity index (χ0) is 17.4. The summed E-state index contributed by atoms with van der Waals surface area (Å²) in [5, 5.41) is 0. The number of hydrogen-bond acceptors (Lipinski definition) is 4. The summed E-state index contributed by atoms with van der Waals surface area (Å²) in [6.45, 7) is 2.15. The van der Waals surface area contributed by atoms with Gasteiger partial charge in [0.15, 0.2) is 11.6 Å². The molecule has 0 spiro atoms. The van der Waals surface area contributed by atoms with Crippen molar-refractivity contribution in [3.8, 4) is 0 Å². The predicted molar refractivity (Wildman–Crippen MR) is 93.2 cm³/mol. The topological polar surface area (TPSA) is 60.4 Å². The summed E-state index contributed by atoms with van der Waals surface area (Å²) in [4.78, 5) is 24.2. The van der Waals surface area contributed by atoms with Crippen molar-refractivity contribution in [3.63, 3.8) is 0 Å². The van der Waals surface area contributed by atoms with E-state index in [1.807, 2.05) is 49.4 Å². The van der Waals surface area contributed by atoms with E-state index < -0.39 is 10.8 Å². The minimum absolute atomic E-state index is 0.113. The smallest absolute Gasteiger partial charge is 0.165 e. The molecule has 2 rings (SSSR count). The lowest BCUT2D eigenvalue weighted by Gasteiger charge is -2.04. The van der Waals surface area contributed by atoms with Gasteiger partial charge in [0.25, 0.3) is 0 Å². The second-order valence-electron chi connectivity index (χ2n) is 5.54. The van der Waals surface area contributed by atoms with Gasteiger partial charge in [0.05, 0.1) is 29.6 Å². The number of hydrogen-bond donors (Lipinski definition) is 0. The Morgan fingerprint density at radius 1 is 0.958 bits per heavy atom. The molecule has 2 aromatic carbocycles. The molecule has 0 fully saturated rings. The molecule has 0 heterocycles. The van der Waals surface area contributed by atoms with Gasteiger partial charge in [-0.1, -0.05) is 48.0 Å². The van der Waals surface area contributed by atoms with Crippen LogP contribution >= 0.6 is 0 Å². The van der Waals surface area contributed by atoms with Gasteiger partial charge in [-0.3, -0.25) is 13.8 Å². The molecule has 0 N–H and O–H groups in total. The van der Waals surface area contributed by atoms with E-state index >= 15 is 0 Å². The van der Waals surface area contributed by atoms with Crippen molar-refractivity contribution in [2.45, 2.75) is 24.8 Å². The van der Waals surface area contributed by atoms with Crippen LogP contribution in [0.5, 0.6) is 0 Å². The third-order valence-corrected chi connectivity index (χ3v) is 4.73. The van der Waals surface area contributed by atoms with Crippen molar-refractivity contribution >= 4 is 22.4 Å². The second kappa shape index (κ2) is 9.25. The summed E-state index contributed by atoms with van der Waals surface area (Å²) < 4.78 is 17.4. The van der Waals surface area contributed by atoms with E-state index in [9.17, 15) is 13.8 Å². The average Bonchev–Trinajstić information content (AvgIpc) is 2.56. The van der Waals surface area contributed by atoms with Crippen LogP contribution in [0.4, 0.5) is 0 Å². The van der Waals surface area contributed by atoms with Gasteiger partial charge in [-0.25, -0.2) is 0 Å². The standard InChI is InChI=1S/C19H20O4S/c1-15-7-9-19(10-8-15)24(22)14-18(21)11-17(20)13-23-12-16-5-3-2-4-6-16/h2-10H,11-14H2,1H3/t24-/m1/s1. The molecular weight excluding hydrogens is 324 g/mol. The number of ether oxygens (including phenoxy) is 1. The quantitative estimate of drug-likeness (QED) is 0.656. The first-order valence-corrected chi connectivity index (χ1v) is 8.96. The zero-order valence-electron chi connectivity index (χ0n) is 13.6. The molecule has 0 aliphatic heterocycles. The molecule has 0 aliphatic carbocycles. The molecule has 5 heteroatoms. The Balaban J connectivity index is 1.72. The van der Waals surface area contributed by atoms with Gasteiger partial charge in [0, 0.05) is 4.90 Å². The molecule has 24 heavy (non-hydrogen) atoms. The lowest BCUT2D eigenvalue weighted by Crippen LogP contribution is -2.18. The first-order valence-electron chi connectivity index (χ1n) is 7.64. The molecule has 0 saturated heterocycles. The number of carbonyl (C=O) groups excluding carboxylic acids is 2. The van der Waals surface area contributed by atoms with Crippen molar-refractivity contribution < 1.29 is 18.5 Å². The Bertz CT molecular complexity index is 708. The maximum Gasteiger partial charge on any atom is 0.165 e. The minimum atomic E-state index is -1.42. The highest BCUT2D eigenvalue weighted by Crippen LogP contribution is 2.09. The Kier molecular flexibility index (Phi) is 7.03. The van der Waals surface area contributed by atoms with Crippen molar-refractivity contribution in [2.24, 2.45) is 0 Å².